The number of carbonyl (C=O) groups is 2. The van der Waals surface area contributed by atoms with Gasteiger partial charge in [-0.15, -0.1) is 0 Å². The van der Waals surface area contributed by atoms with Crippen LogP contribution < -0.4 is 16.7 Å². The number of nitrogens with two attached hydrogens (primary N) is 1. The van der Waals surface area contributed by atoms with E-state index >= 15 is 0 Å². The Kier molecular flexibility index (Phi) is 2.41. The number of rotatable bonds is 1. The van der Waals surface area contributed by atoms with E-state index in [-0.39, 0.29) is 18.0 Å². The van der Waals surface area contributed by atoms with Crippen molar-refractivity contribution in [1.29, 1.82) is 0 Å². The highest BCUT2D eigenvalue weighted by Crippen LogP contribution is 2.22. The molecule has 0 bridgehead atoms. The smallest absolute Gasteiger partial charge is 0.327 e. The highest BCUT2D eigenvalue weighted by Gasteiger charge is 2.30. The lowest BCUT2D eigenvalue weighted by Gasteiger charge is -2.21. The summed E-state index contributed by atoms with van der Waals surface area (Å²) in [5, 5.41) is 2.24. The van der Waals surface area contributed by atoms with Gasteiger partial charge < -0.3 is 10.7 Å². The molecule has 1 aromatic carbocycles. The van der Waals surface area contributed by atoms with Gasteiger partial charge in [0.2, 0.25) is 11.8 Å². The molecule has 7 nitrogen and oxygen atoms in total. The van der Waals surface area contributed by atoms with Crippen molar-refractivity contribution >= 4 is 28.5 Å². The zero-order chi connectivity index (χ0) is 13.6. The average molecular weight is 260 g/mol. The number of nitrogen functional groups attached to an aromatic ring is 1. The van der Waals surface area contributed by atoms with Gasteiger partial charge in [-0.25, -0.2) is 4.79 Å². The molecule has 1 fully saturated rings. The first-order valence-electron chi connectivity index (χ1n) is 5.89. The summed E-state index contributed by atoms with van der Waals surface area (Å²) >= 11 is 0. The van der Waals surface area contributed by atoms with Crippen molar-refractivity contribution in [2.45, 2.75) is 18.9 Å². The Hall–Kier alpha value is -2.57. The minimum atomic E-state index is -0.664. The molecule has 19 heavy (non-hydrogen) atoms. The molecule has 3 rings (SSSR count). The number of aromatic amines is 1. The van der Waals surface area contributed by atoms with Gasteiger partial charge in [0.1, 0.15) is 6.04 Å². The Balaban J connectivity index is 2.15. The van der Waals surface area contributed by atoms with Crippen molar-refractivity contribution in [2.24, 2.45) is 0 Å². The number of fused-ring (bicyclic) bond motifs is 1. The van der Waals surface area contributed by atoms with Gasteiger partial charge in [-0.05, 0) is 24.6 Å². The van der Waals surface area contributed by atoms with Crippen LogP contribution in [0, 0.1) is 0 Å². The lowest BCUT2D eigenvalue weighted by molar-refractivity contribution is -0.135. The Morgan fingerprint density at radius 3 is 2.79 bits per heavy atom. The fourth-order valence-electron chi connectivity index (χ4n) is 2.39. The number of benzene rings is 1. The minimum Gasteiger partial charge on any atom is -0.399 e. The van der Waals surface area contributed by atoms with E-state index in [1.807, 2.05) is 0 Å². The molecule has 1 unspecified atom stereocenters. The fourth-order valence-corrected chi connectivity index (χ4v) is 2.39. The molecule has 1 saturated heterocycles. The van der Waals surface area contributed by atoms with Crippen LogP contribution in [0.3, 0.4) is 0 Å². The molecule has 2 aromatic rings. The standard InChI is InChI=1S/C12H12N4O3/c13-6-1-2-8-7(5-6)14-12(19)16(8)9-3-4-10(17)15-11(9)18/h1-2,5,9H,3-4,13H2,(H,14,19)(H,15,17,18). The average Bonchev–Trinajstić information content (AvgIpc) is 2.65. The highest BCUT2D eigenvalue weighted by molar-refractivity contribution is 6.00. The number of imidazole rings is 1. The third-order valence-electron chi connectivity index (χ3n) is 3.26. The van der Waals surface area contributed by atoms with E-state index in [2.05, 4.69) is 10.3 Å². The first-order chi connectivity index (χ1) is 9.06. The van der Waals surface area contributed by atoms with Crippen molar-refractivity contribution in [2.75, 3.05) is 5.73 Å². The predicted molar refractivity (Wildman–Crippen MR) is 68.4 cm³/mol. The molecule has 0 radical (unpaired) electrons. The van der Waals surface area contributed by atoms with Crippen LogP contribution in [0.5, 0.6) is 0 Å². The molecule has 98 valence electrons. The molecule has 2 heterocycles. The molecule has 1 aliphatic heterocycles. The topological polar surface area (TPSA) is 110 Å². The summed E-state index contributed by atoms with van der Waals surface area (Å²) in [6, 6.07) is 4.33. The van der Waals surface area contributed by atoms with Crippen molar-refractivity contribution < 1.29 is 9.59 Å². The van der Waals surface area contributed by atoms with Crippen LogP contribution in [0.4, 0.5) is 5.69 Å². The number of amides is 2. The maximum atomic E-state index is 12.0. The largest absolute Gasteiger partial charge is 0.399 e. The first kappa shape index (κ1) is 11.5. The van der Waals surface area contributed by atoms with Crippen molar-refractivity contribution in [1.82, 2.24) is 14.9 Å². The van der Waals surface area contributed by atoms with Gasteiger partial charge >= 0.3 is 5.69 Å². The number of nitrogens with one attached hydrogen (secondary N) is 2. The van der Waals surface area contributed by atoms with E-state index < -0.39 is 11.9 Å². The van der Waals surface area contributed by atoms with E-state index in [0.29, 0.717) is 23.1 Å². The third kappa shape index (κ3) is 1.79. The minimum absolute atomic E-state index is 0.227. The van der Waals surface area contributed by atoms with Crippen molar-refractivity contribution in [3.8, 4) is 0 Å². The second kappa shape index (κ2) is 3.98. The van der Waals surface area contributed by atoms with Gasteiger partial charge in [-0.2, -0.15) is 0 Å². The van der Waals surface area contributed by atoms with Crippen LogP contribution in [0.1, 0.15) is 18.9 Å². The summed E-state index contributed by atoms with van der Waals surface area (Å²) in [6.07, 6.45) is 0.548. The van der Waals surface area contributed by atoms with E-state index in [1.165, 1.54) is 4.57 Å². The maximum absolute atomic E-state index is 12.0. The summed E-state index contributed by atoms with van der Waals surface area (Å²) < 4.78 is 1.37. The third-order valence-corrected chi connectivity index (χ3v) is 3.26. The van der Waals surface area contributed by atoms with Crippen LogP contribution in [-0.2, 0) is 9.59 Å². The van der Waals surface area contributed by atoms with E-state index in [0.717, 1.165) is 0 Å². The lowest BCUT2D eigenvalue weighted by atomic mass is 10.1. The molecule has 0 spiro atoms. The van der Waals surface area contributed by atoms with E-state index in [9.17, 15) is 14.4 Å². The zero-order valence-corrected chi connectivity index (χ0v) is 9.97. The molecule has 1 aromatic heterocycles. The zero-order valence-electron chi connectivity index (χ0n) is 9.97. The molecular formula is C12H12N4O3. The van der Waals surface area contributed by atoms with Gasteiger partial charge in [-0.1, -0.05) is 0 Å². The SMILES string of the molecule is Nc1ccc2c(c1)[nH]c(=O)n2C1CCC(=O)NC1=O. The number of hydrogen-bond acceptors (Lipinski definition) is 4. The summed E-state index contributed by atoms with van der Waals surface area (Å²) in [5.74, 6) is -0.755. The number of imide groups is 1. The van der Waals surface area contributed by atoms with Crippen molar-refractivity contribution in [3.05, 3.63) is 28.7 Å². The van der Waals surface area contributed by atoms with Crippen LogP contribution in [0.15, 0.2) is 23.0 Å². The Morgan fingerprint density at radius 1 is 1.26 bits per heavy atom. The van der Waals surface area contributed by atoms with Crippen LogP contribution >= 0.6 is 0 Å². The maximum Gasteiger partial charge on any atom is 0.327 e. The first-order valence-corrected chi connectivity index (χ1v) is 5.89. The number of H-pyrrole nitrogens is 1. The monoisotopic (exact) mass is 260 g/mol. The Labute approximate surface area is 107 Å². The summed E-state index contributed by atoms with van der Waals surface area (Å²) in [7, 11) is 0. The number of anilines is 1. The lowest BCUT2D eigenvalue weighted by Crippen LogP contribution is -2.43. The molecule has 1 atom stereocenters. The second-order valence-electron chi connectivity index (χ2n) is 4.54. The molecule has 1 aliphatic rings. The second-order valence-corrected chi connectivity index (χ2v) is 4.54. The number of aromatic nitrogens is 2. The van der Waals surface area contributed by atoms with Gasteiger partial charge in [0, 0.05) is 12.1 Å². The van der Waals surface area contributed by atoms with Gasteiger partial charge in [0.05, 0.1) is 11.0 Å². The molecule has 0 aliphatic carbocycles. The van der Waals surface area contributed by atoms with E-state index in [4.69, 9.17) is 5.73 Å². The molecule has 7 heteroatoms. The Morgan fingerprint density at radius 2 is 2.05 bits per heavy atom. The number of carbonyl (C=O) groups excluding carboxylic acids is 2. The molecule has 0 saturated carbocycles. The number of piperidine rings is 1. The summed E-state index contributed by atoms with van der Waals surface area (Å²) in [6.45, 7) is 0. The van der Waals surface area contributed by atoms with Crippen molar-refractivity contribution in [3.63, 3.8) is 0 Å². The van der Waals surface area contributed by atoms with Gasteiger partial charge in [-0.3, -0.25) is 19.5 Å². The predicted octanol–water partition coefficient (Wildman–Crippen LogP) is -0.111. The van der Waals surface area contributed by atoms with Gasteiger partial charge in [0.15, 0.2) is 0 Å². The van der Waals surface area contributed by atoms with E-state index in [1.54, 1.807) is 18.2 Å². The Bertz CT molecular complexity index is 743. The number of hydrogen-bond donors (Lipinski definition) is 3. The normalized spacial score (nSPS) is 19.7. The molecule has 4 N–H and O–H groups in total. The van der Waals surface area contributed by atoms with Crippen LogP contribution in [-0.4, -0.2) is 21.4 Å². The quantitative estimate of drug-likeness (QED) is 0.490. The van der Waals surface area contributed by atoms with Gasteiger partial charge in [0.25, 0.3) is 0 Å². The van der Waals surface area contributed by atoms with Crippen LogP contribution in [0.25, 0.3) is 11.0 Å². The summed E-state index contributed by atoms with van der Waals surface area (Å²) in [4.78, 5) is 37.6. The highest BCUT2D eigenvalue weighted by atomic mass is 16.2. The molecular weight excluding hydrogens is 248 g/mol. The van der Waals surface area contributed by atoms with Crippen LogP contribution in [0.2, 0.25) is 0 Å². The summed E-state index contributed by atoms with van der Waals surface area (Å²) in [5.41, 5.74) is 6.99. The molecule has 2 amide bonds. The fraction of sp³-hybridized carbons (Fsp3) is 0.250. The number of nitrogens with zero attached hydrogens (tertiary/aromatic N) is 1.